The number of hydrogen-bond acceptors (Lipinski definition) is 5. The van der Waals surface area contributed by atoms with E-state index >= 15 is 0 Å². The molecule has 0 atom stereocenters. The van der Waals surface area contributed by atoms with Gasteiger partial charge in [0.15, 0.2) is 5.82 Å². The van der Waals surface area contributed by atoms with Gasteiger partial charge in [0.1, 0.15) is 5.69 Å². The van der Waals surface area contributed by atoms with Gasteiger partial charge in [-0.15, -0.1) is 0 Å². The Labute approximate surface area is 151 Å². The van der Waals surface area contributed by atoms with Crippen LogP contribution in [-0.2, 0) is 0 Å². The zero-order chi connectivity index (χ0) is 18.8. The molecule has 0 spiro atoms. The summed E-state index contributed by atoms with van der Waals surface area (Å²) in [5, 5.41) is 18.2. The number of fused-ring (bicyclic) bond motifs is 1. The lowest BCUT2D eigenvalue weighted by atomic mass is 10.1. The molecule has 26 heavy (non-hydrogen) atoms. The molecular formula is C20H18N4O2. The smallest absolute Gasteiger partial charge is 0.335 e. The fourth-order valence-electron chi connectivity index (χ4n) is 2.56. The quantitative estimate of drug-likeness (QED) is 0.774. The molecule has 1 N–H and O–H groups in total. The maximum absolute atomic E-state index is 11.2. The number of rotatable bonds is 4. The van der Waals surface area contributed by atoms with Crippen LogP contribution in [0.5, 0.6) is 0 Å². The first kappa shape index (κ1) is 17.4. The predicted octanol–water partition coefficient (Wildman–Crippen LogP) is 3.71. The van der Waals surface area contributed by atoms with E-state index in [2.05, 4.69) is 6.07 Å². The van der Waals surface area contributed by atoms with Crippen molar-refractivity contribution in [1.29, 1.82) is 5.26 Å². The van der Waals surface area contributed by atoms with E-state index in [0.29, 0.717) is 28.1 Å². The fraction of sp³-hybridized carbons (Fsp3) is 0.200. The Balaban J connectivity index is 2.24. The largest absolute Gasteiger partial charge is 0.478 e. The molecule has 0 fully saturated rings. The second-order valence-corrected chi connectivity index (χ2v) is 6.30. The van der Waals surface area contributed by atoms with Crippen molar-refractivity contribution in [2.45, 2.75) is 19.9 Å². The fourth-order valence-corrected chi connectivity index (χ4v) is 2.56. The first-order valence-corrected chi connectivity index (χ1v) is 8.19. The lowest BCUT2D eigenvalue weighted by Gasteiger charge is -2.25. The predicted molar refractivity (Wildman–Crippen MR) is 100 cm³/mol. The zero-order valence-corrected chi connectivity index (χ0v) is 14.8. The van der Waals surface area contributed by atoms with Crippen molar-refractivity contribution in [2.24, 2.45) is 0 Å². The van der Waals surface area contributed by atoms with Crippen LogP contribution in [0.25, 0.3) is 22.3 Å². The van der Waals surface area contributed by atoms with E-state index < -0.39 is 5.97 Å². The molecular weight excluding hydrogens is 328 g/mol. The van der Waals surface area contributed by atoms with Crippen molar-refractivity contribution < 1.29 is 9.90 Å². The highest BCUT2D eigenvalue weighted by Gasteiger charge is 2.17. The van der Waals surface area contributed by atoms with Gasteiger partial charge < -0.3 is 10.0 Å². The van der Waals surface area contributed by atoms with Gasteiger partial charge in [-0.1, -0.05) is 12.1 Å². The minimum Gasteiger partial charge on any atom is -0.478 e. The summed E-state index contributed by atoms with van der Waals surface area (Å²) >= 11 is 0. The molecule has 2 aromatic carbocycles. The summed E-state index contributed by atoms with van der Waals surface area (Å²) in [5.41, 5.74) is 3.45. The minimum absolute atomic E-state index is 0.177. The Kier molecular flexibility index (Phi) is 4.55. The van der Waals surface area contributed by atoms with Gasteiger partial charge >= 0.3 is 5.97 Å². The molecule has 3 aromatic rings. The Morgan fingerprint density at radius 1 is 1.12 bits per heavy atom. The van der Waals surface area contributed by atoms with Gasteiger partial charge in [0.05, 0.1) is 28.2 Å². The highest BCUT2D eigenvalue weighted by atomic mass is 16.4. The third-order valence-electron chi connectivity index (χ3n) is 4.29. The molecule has 6 nitrogen and oxygen atoms in total. The first-order chi connectivity index (χ1) is 12.4. The number of benzene rings is 2. The molecule has 0 saturated heterocycles. The van der Waals surface area contributed by atoms with Crippen molar-refractivity contribution in [3.8, 4) is 17.3 Å². The van der Waals surface area contributed by atoms with E-state index in [1.54, 1.807) is 18.2 Å². The first-order valence-electron chi connectivity index (χ1n) is 8.19. The van der Waals surface area contributed by atoms with E-state index in [4.69, 9.17) is 15.2 Å². The van der Waals surface area contributed by atoms with Crippen molar-refractivity contribution in [3.63, 3.8) is 0 Å². The molecule has 1 heterocycles. The van der Waals surface area contributed by atoms with Gasteiger partial charge in [0, 0.05) is 18.7 Å². The van der Waals surface area contributed by atoms with Crippen molar-refractivity contribution in [1.82, 2.24) is 9.97 Å². The number of aromatic carboxylic acids is 1. The van der Waals surface area contributed by atoms with Crippen LogP contribution in [-0.4, -0.2) is 34.1 Å². The normalized spacial score (nSPS) is 10.7. The summed E-state index contributed by atoms with van der Waals surface area (Å²) in [6.07, 6.45) is 0. The highest BCUT2D eigenvalue weighted by molar-refractivity contribution is 5.93. The summed E-state index contributed by atoms with van der Waals surface area (Å²) in [4.78, 5) is 22.6. The molecule has 6 heteroatoms. The van der Waals surface area contributed by atoms with Crippen molar-refractivity contribution in [2.75, 3.05) is 11.9 Å². The highest BCUT2D eigenvalue weighted by Crippen LogP contribution is 2.30. The van der Waals surface area contributed by atoms with Crippen LogP contribution in [0.15, 0.2) is 42.5 Å². The number of nitriles is 1. The third-order valence-corrected chi connectivity index (χ3v) is 4.29. The van der Waals surface area contributed by atoms with E-state index in [0.717, 1.165) is 5.56 Å². The maximum atomic E-state index is 11.2. The summed E-state index contributed by atoms with van der Waals surface area (Å²) in [6, 6.07) is 14.2. The molecule has 1 aromatic heterocycles. The second-order valence-electron chi connectivity index (χ2n) is 6.30. The molecule has 130 valence electrons. The molecule has 0 aliphatic rings. The maximum Gasteiger partial charge on any atom is 0.335 e. The van der Waals surface area contributed by atoms with Crippen LogP contribution in [0.2, 0.25) is 0 Å². The van der Waals surface area contributed by atoms with Crippen LogP contribution in [0.4, 0.5) is 5.82 Å². The van der Waals surface area contributed by atoms with Crippen LogP contribution >= 0.6 is 0 Å². The molecule has 0 amide bonds. The van der Waals surface area contributed by atoms with E-state index in [1.807, 2.05) is 37.9 Å². The van der Waals surface area contributed by atoms with Gasteiger partial charge in [-0.25, -0.2) is 14.8 Å². The number of aromatic nitrogens is 2. The molecule has 3 rings (SSSR count). The molecule has 0 aliphatic heterocycles. The Morgan fingerprint density at radius 2 is 1.81 bits per heavy atom. The van der Waals surface area contributed by atoms with Crippen molar-refractivity contribution >= 4 is 22.8 Å². The average Bonchev–Trinajstić information content (AvgIpc) is 2.65. The Hall–Kier alpha value is -3.46. The van der Waals surface area contributed by atoms with E-state index in [9.17, 15) is 9.90 Å². The molecule has 0 saturated carbocycles. The number of nitrogens with zero attached hydrogens (tertiary/aromatic N) is 4. The number of carbonyl (C=O) groups is 1. The SMILES string of the molecule is CC(C)N(C)c1nc2cc(C(=O)O)ccc2nc1-c1ccc(C#N)cc1. The monoisotopic (exact) mass is 346 g/mol. The third kappa shape index (κ3) is 3.20. The molecule has 0 unspecified atom stereocenters. The lowest BCUT2D eigenvalue weighted by Crippen LogP contribution is -2.27. The van der Waals surface area contributed by atoms with Crippen LogP contribution in [0, 0.1) is 11.3 Å². The topological polar surface area (TPSA) is 90.1 Å². The summed E-state index contributed by atoms with van der Waals surface area (Å²) in [7, 11) is 1.93. The average molecular weight is 346 g/mol. The van der Waals surface area contributed by atoms with Gasteiger partial charge in [0.2, 0.25) is 0 Å². The lowest BCUT2D eigenvalue weighted by molar-refractivity contribution is 0.0697. The summed E-state index contributed by atoms with van der Waals surface area (Å²) in [6.45, 7) is 4.09. The molecule has 0 bridgehead atoms. The standard InChI is InChI=1S/C20H18N4O2/c1-12(2)24(3)19-18(14-6-4-13(11-21)5-7-14)22-16-9-8-15(20(25)26)10-17(16)23-19/h4-10,12H,1-3H3,(H,25,26). The zero-order valence-electron chi connectivity index (χ0n) is 14.8. The van der Waals surface area contributed by atoms with Gasteiger partial charge in [0.25, 0.3) is 0 Å². The number of carboxylic acid groups (broad SMARTS) is 1. The van der Waals surface area contributed by atoms with Crippen LogP contribution in [0.3, 0.4) is 0 Å². The molecule has 0 aliphatic carbocycles. The van der Waals surface area contributed by atoms with E-state index in [1.165, 1.54) is 12.1 Å². The van der Waals surface area contributed by atoms with Crippen LogP contribution < -0.4 is 4.90 Å². The van der Waals surface area contributed by atoms with Gasteiger partial charge in [-0.2, -0.15) is 5.26 Å². The number of anilines is 1. The second kappa shape index (κ2) is 6.81. The Morgan fingerprint density at radius 3 is 2.38 bits per heavy atom. The van der Waals surface area contributed by atoms with Crippen molar-refractivity contribution in [3.05, 3.63) is 53.6 Å². The van der Waals surface area contributed by atoms with Crippen LogP contribution in [0.1, 0.15) is 29.8 Å². The Bertz CT molecular complexity index is 1020. The van der Waals surface area contributed by atoms with Gasteiger partial charge in [-0.05, 0) is 44.2 Å². The summed E-state index contributed by atoms with van der Waals surface area (Å²) < 4.78 is 0. The van der Waals surface area contributed by atoms with E-state index in [-0.39, 0.29) is 11.6 Å². The number of hydrogen-bond donors (Lipinski definition) is 1. The minimum atomic E-state index is -0.997. The number of carboxylic acids is 1. The van der Waals surface area contributed by atoms with Gasteiger partial charge in [-0.3, -0.25) is 0 Å². The molecule has 0 radical (unpaired) electrons. The summed E-state index contributed by atoms with van der Waals surface area (Å²) in [5.74, 6) is -0.330.